The van der Waals surface area contributed by atoms with E-state index < -0.39 is 10.1 Å². The molecule has 0 N–H and O–H groups in total. The van der Waals surface area contributed by atoms with Gasteiger partial charge in [0.05, 0.1) is 4.90 Å². The van der Waals surface area contributed by atoms with E-state index in [4.69, 9.17) is 9.47 Å². The third-order valence-electron chi connectivity index (χ3n) is 20.9. The molecule has 0 unspecified atom stereocenters. The molecule has 1 aromatic heterocycles. The molecule has 0 spiro atoms. The zero-order chi connectivity index (χ0) is 80.9. The topological polar surface area (TPSA) is 82.1 Å². The van der Waals surface area contributed by atoms with Crippen molar-refractivity contribution in [3.63, 3.8) is 0 Å². The van der Waals surface area contributed by atoms with Gasteiger partial charge in [0.2, 0.25) is 0 Å². The Morgan fingerprint density at radius 1 is 0.359 bits per heavy atom. The first-order chi connectivity index (χ1) is 57.4. The summed E-state index contributed by atoms with van der Waals surface area (Å²) in [7, 11) is -4.31. The molecule has 0 saturated carbocycles. The molecule has 17 aromatic rings. The second-order valence-corrected chi connectivity index (χ2v) is 32.9. The fraction of sp³-hybridized carbons (Fsp3) is 0.0857. The molecule has 18 rings (SSSR count). The van der Waals surface area contributed by atoms with Crippen molar-refractivity contribution < 1.29 is 22.4 Å². The number of ether oxygens (including phenoxy) is 2. The summed E-state index contributed by atoms with van der Waals surface area (Å²) in [5.41, 5.74) is 20.1. The average Bonchev–Trinajstić information content (AvgIpc) is 0.770. The Balaban J connectivity index is 0.000000150. The van der Waals surface area contributed by atoms with Gasteiger partial charge in [-0.25, -0.2) is 8.42 Å². The zero-order valence-corrected chi connectivity index (χ0v) is 69.7. The molecule has 576 valence electrons. The van der Waals surface area contributed by atoms with E-state index in [9.17, 15) is 13.0 Å². The van der Waals surface area contributed by atoms with Crippen LogP contribution < -0.4 is 19.3 Å². The molecular weight excluding hydrogens is 1530 g/mol. The van der Waals surface area contributed by atoms with E-state index in [1.54, 1.807) is 23.5 Å². The van der Waals surface area contributed by atoms with E-state index >= 15 is 0 Å². The number of benzene rings is 16. The standard InChI is InChI=1S/C52H40N2.C34H22.C11H16O3S.C8H10O2S.PS2/c1-5-13-47(14-6-1)53(48-15-7-2-8-16-48)51-37-29-43(30-38-51)23-21-41-25-33-45(34-26-41)46-35-27-42(28-36-46)22-24-44-31-39-52(40-32-44)54(49-17-9-3-10-18-49)50-19-11-4-12-20-50;1-3-15-25-23(11-1)13-9-21-27(25)33-29-17-5-7-19-31(29)34(32-20-8-6-18-30(32)33)28-22-10-14-24-12-2-4-16-26(24)28;1-3-9(4-2)10-5-7-11(8-6-10)15(12,13)14;1-5-7-8(6(2)11-5)10-4-3-9-7;2-1-3/h1-40H;1-22H;5-9H,3-4H2,1-2H3,(H,12,13,14);3-4H2,1-2H3;/q;;;;+1/p-1/b23-21+,24-22+;;;;. The molecule has 0 bridgehead atoms. The Morgan fingerprint density at radius 3 is 0.940 bits per heavy atom. The van der Waals surface area contributed by atoms with Crippen molar-refractivity contribution in [2.75, 3.05) is 23.0 Å². The summed E-state index contributed by atoms with van der Waals surface area (Å²) < 4.78 is 43.0. The van der Waals surface area contributed by atoms with E-state index in [1.807, 2.05) is 0 Å². The van der Waals surface area contributed by atoms with Gasteiger partial charge in [0.15, 0.2) is 11.5 Å². The minimum Gasteiger partial charge on any atom is -0.0616 e. The number of para-hydroxylation sites is 4. The Labute approximate surface area is 702 Å². The molecule has 1 aliphatic rings. The fourth-order valence-electron chi connectivity index (χ4n) is 15.2. The fourth-order valence-corrected chi connectivity index (χ4v) is 16.6. The molecule has 0 atom stereocenters. The van der Waals surface area contributed by atoms with Crippen LogP contribution in [0.2, 0.25) is 0 Å². The zero-order valence-electron chi connectivity index (χ0n) is 65.5. The predicted molar refractivity (Wildman–Crippen MR) is 503 cm³/mol. The summed E-state index contributed by atoms with van der Waals surface area (Å²) in [5.74, 6) is 2.35. The van der Waals surface area contributed by atoms with Gasteiger partial charge in [-0.1, -0.05) is 329 Å². The second kappa shape index (κ2) is 39.4. The number of nitrogens with zero attached hydrogens (tertiary/aromatic N) is 2. The van der Waals surface area contributed by atoms with Crippen LogP contribution in [-0.2, 0) is 33.7 Å². The van der Waals surface area contributed by atoms with Gasteiger partial charge in [-0.15, -0.1) is 11.3 Å². The number of fused-ring (bicyclic) bond motifs is 5. The van der Waals surface area contributed by atoms with Crippen LogP contribution in [-0.4, -0.2) is 26.2 Å². The number of aryl methyl sites for hydroxylation is 2. The van der Waals surface area contributed by atoms with Crippen LogP contribution in [0.15, 0.2) is 381 Å². The minimum absolute atomic E-state index is 0.155. The molecule has 0 saturated heterocycles. The monoisotopic (exact) mass is 1610 g/mol. The number of hydrogen-bond acceptors (Lipinski definition) is 10. The maximum Gasteiger partial charge on any atom is -0.00201 e. The smallest absolute Gasteiger partial charge is 0.00201 e. The van der Waals surface area contributed by atoms with Crippen LogP contribution >= 0.6 is 17.5 Å². The van der Waals surface area contributed by atoms with E-state index in [-0.39, 0.29) is 4.90 Å². The van der Waals surface area contributed by atoms with Crippen molar-refractivity contribution in [1.29, 1.82) is 0 Å². The third-order valence-corrected chi connectivity index (χ3v) is 22.7. The summed E-state index contributed by atoms with van der Waals surface area (Å²) in [5, 5.41) is 10.3. The molecule has 12 heteroatoms. The first-order valence-electron chi connectivity index (χ1n) is 39.2. The summed E-state index contributed by atoms with van der Waals surface area (Å²) in [4.78, 5) is 6.84. The molecule has 1 aliphatic heterocycles. The summed E-state index contributed by atoms with van der Waals surface area (Å²) in [6, 6.07) is 132. The van der Waals surface area contributed by atoms with Crippen molar-refractivity contribution in [3.8, 4) is 44.9 Å². The van der Waals surface area contributed by atoms with Crippen LogP contribution in [0.4, 0.5) is 34.1 Å². The Hall–Kier alpha value is -12.3. The summed E-state index contributed by atoms with van der Waals surface area (Å²) in [6.45, 7) is 9.67. The Bertz CT molecular complexity index is 5910. The normalized spacial score (nSPS) is 11.5. The molecule has 117 heavy (non-hydrogen) atoms. The van der Waals surface area contributed by atoms with Crippen molar-refractivity contribution in [2.45, 2.75) is 51.3 Å². The first-order valence-corrected chi connectivity index (χ1v) is 44.3. The molecular formula is C105H87N2O5PS4. The molecule has 0 amide bonds. The van der Waals surface area contributed by atoms with Gasteiger partial charge in [0.25, 0.3) is 0 Å². The van der Waals surface area contributed by atoms with Gasteiger partial charge < -0.3 is 23.8 Å². The molecule has 0 radical (unpaired) electrons. The SMILES string of the molecule is C(=C\c1ccc(N(c2ccccc2)c2ccccc2)cc1)/c1ccc(-c2ccc(/C=C/c3ccc(N(c4ccccc4)c4ccccc4)cc3)cc2)cc1.CCC(CC)c1ccc(S(=O)(=O)[O-])cc1.Cc1sc(C)c2c1OCCO2.S=[P+]=S.c1ccc2c(-c3c4ccccc4c(-c4cccc5ccccc45)c4ccccc34)cccc2c1. The third kappa shape index (κ3) is 19.8. The first kappa shape index (κ1) is 81.3. The Kier molecular flexibility index (Phi) is 27.4. The van der Waals surface area contributed by atoms with E-state index in [2.05, 4.69) is 437 Å². The number of hydrogen-bond donors (Lipinski definition) is 0. The maximum atomic E-state index is 10.7. The summed E-state index contributed by atoms with van der Waals surface area (Å²) >= 11 is 10.1. The van der Waals surface area contributed by atoms with Gasteiger partial charge in [-0.05, 0) is 222 Å². The van der Waals surface area contributed by atoms with Crippen molar-refractivity contribution in [1.82, 2.24) is 0 Å². The minimum atomic E-state index is -4.31. The number of anilines is 6. The van der Waals surface area contributed by atoms with Gasteiger partial charge in [-0.3, -0.25) is 0 Å². The molecule has 7 nitrogen and oxygen atoms in total. The van der Waals surface area contributed by atoms with Gasteiger partial charge in [0, 0.05) is 43.9 Å². The molecule has 16 aromatic carbocycles. The molecule has 0 aliphatic carbocycles. The van der Waals surface area contributed by atoms with Crippen molar-refractivity contribution in [3.05, 3.63) is 414 Å². The number of thiophene rings is 1. The van der Waals surface area contributed by atoms with Crippen LogP contribution in [0.1, 0.15) is 70.2 Å². The molecule has 0 fully saturated rings. The van der Waals surface area contributed by atoms with Crippen LogP contribution in [0.5, 0.6) is 11.5 Å². The van der Waals surface area contributed by atoms with Gasteiger partial charge in [0.1, 0.15) is 23.3 Å². The van der Waals surface area contributed by atoms with Crippen LogP contribution in [0.25, 0.3) is 101 Å². The van der Waals surface area contributed by atoms with Crippen molar-refractivity contribution >= 4 is 153 Å². The van der Waals surface area contributed by atoms with E-state index in [1.165, 1.54) is 109 Å². The quantitative estimate of drug-likeness (QED) is 0.0383. The maximum absolute atomic E-state index is 10.7. The summed E-state index contributed by atoms with van der Waals surface area (Å²) in [6.07, 6.45) is 11.3. The van der Waals surface area contributed by atoms with Gasteiger partial charge >= 0.3 is 29.7 Å². The van der Waals surface area contributed by atoms with Gasteiger partial charge in [-0.2, -0.15) is 0 Å². The van der Waals surface area contributed by atoms with Crippen molar-refractivity contribution in [2.24, 2.45) is 0 Å². The van der Waals surface area contributed by atoms with E-state index in [0.29, 0.717) is 25.3 Å². The largest absolute Gasteiger partial charge is 0.0616 e. The average molecular weight is 1620 g/mol. The Morgan fingerprint density at radius 2 is 0.632 bits per heavy atom. The molecule has 2 heterocycles. The predicted octanol–water partition coefficient (Wildman–Crippen LogP) is 29.8. The second-order valence-electron chi connectivity index (χ2n) is 28.2. The van der Waals surface area contributed by atoms with E-state index in [0.717, 1.165) is 75.2 Å². The van der Waals surface area contributed by atoms with Crippen LogP contribution in [0, 0.1) is 13.8 Å². The number of rotatable bonds is 17. The van der Waals surface area contributed by atoms with Crippen LogP contribution in [0.3, 0.4) is 0 Å².